The van der Waals surface area contributed by atoms with E-state index in [-0.39, 0.29) is 11.8 Å². The van der Waals surface area contributed by atoms with Crippen molar-refractivity contribution in [3.05, 3.63) is 29.6 Å². The van der Waals surface area contributed by atoms with Crippen molar-refractivity contribution in [2.24, 2.45) is 0 Å². The zero-order valence-corrected chi connectivity index (χ0v) is 8.71. The normalized spacial score (nSPS) is 13.2. The van der Waals surface area contributed by atoms with Crippen LogP contribution in [0.15, 0.2) is 18.2 Å². The predicted octanol–water partition coefficient (Wildman–Crippen LogP) is 2.59. The quantitative estimate of drug-likeness (QED) is 0.780. The van der Waals surface area contributed by atoms with Crippen LogP contribution in [-0.4, -0.2) is 11.1 Å². The minimum atomic E-state index is -0.570. The molecular formula is C11H16FNO. The lowest BCUT2D eigenvalue weighted by molar-refractivity contribution is 0.429. The molecule has 1 atom stereocenters. The van der Waals surface area contributed by atoms with Crippen LogP contribution in [0.5, 0.6) is 5.75 Å². The third-order valence-electron chi connectivity index (χ3n) is 2.06. The number of halogens is 1. The van der Waals surface area contributed by atoms with Gasteiger partial charge in [0.05, 0.1) is 0 Å². The van der Waals surface area contributed by atoms with Gasteiger partial charge in [0.25, 0.3) is 0 Å². The van der Waals surface area contributed by atoms with Crippen LogP contribution >= 0.6 is 0 Å². The summed E-state index contributed by atoms with van der Waals surface area (Å²) >= 11 is 0. The fraction of sp³-hybridized carbons (Fsp3) is 0.455. The molecule has 1 aromatic carbocycles. The number of phenols is 1. The molecule has 0 aliphatic heterocycles. The minimum Gasteiger partial charge on any atom is -0.505 e. The summed E-state index contributed by atoms with van der Waals surface area (Å²) in [5.41, 5.74) is 0.842. The molecule has 0 saturated carbocycles. The summed E-state index contributed by atoms with van der Waals surface area (Å²) in [7, 11) is 0. The van der Waals surface area contributed by atoms with Gasteiger partial charge in [-0.25, -0.2) is 4.39 Å². The van der Waals surface area contributed by atoms with E-state index in [0.717, 1.165) is 5.56 Å². The maximum Gasteiger partial charge on any atom is 0.165 e. The number of rotatable bonds is 3. The Hall–Kier alpha value is -1.09. The van der Waals surface area contributed by atoms with Crippen LogP contribution in [0.1, 0.15) is 32.4 Å². The van der Waals surface area contributed by atoms with E-state index in [1.54, 1.807) is 6.07 Å². The van der Waals surface area contributed by atoms with Crippen LogP contribution in [0.4, 0.5) is 4.39 Å². The first kappa shape index (κ1) is 11.0. The first-order valence-corrected chi connectivity index (χ1v) is 4.75. The number of hydrogen-bond acceptors (Lipinski definition) is 2. The Kier molecular flexibility index (Phi) is 3.47. The molecule has 3 heteroatoms. The third-order valence-corrected chi connectivity index (χ3v) is 2.06. The second-order valence-corrected chi connectivity index (χ2v) is 3.75. The molecule has 0 aromatic heterocycles. The zero-order valence-electron chi connectivity index (χ0n) is 8.71. The highest BCUT2D eigenvalue weighted by molar-refractivity contribution is 5.29. The van der Waals surface area contributed by atoms with Crippen LogP contribution in [0.2, 0.25) is 0 Å². The van der Waals surface area contributed by atoms with E-state index in [1.165, 1.54) is 12.1 Å². The van der Waals surface area contributed by atoms with Gasteiger partial charge >= 0.3 is 0 Å². The van der Waals surface area contributed by atoms with Crippen LogP contribution in [0, 0.1) is 5.82 Å². The molecule has 78 valence electrons. The monoisotopic (exact) mass is 197 g/mol. The Bertz CT molecular complexity index is 312. The van der Waals surface area contributed by atoms with Gasteiger partial charge in [-0.05, 0) is 24.6 Å². The SMILES string of the molecule is CC(C)N[C@H](C)c1ccc(O)c(F)c1. The number of aromatic hydroxyl groups is 1. The number of nitrogens with one attached hydrogen (secondary N) is 1. The molecular weight excluding hydrogens is 181 g/mol. The fourth-order valence-electron chi connectivity index (χ4n) is 1.39. The minimum absolute atomic E-state index is 0.0881. The average Bonchev–Trinajstić information content (AvgIpc) is 2.08. The molecule has 0 bridgehead atoms. The van der Waals surface area contributed by atoms with E-state index >= 15 is 0 Å². The van der Waals surface area contributed by atoms with E-state index < -0.39 is 5.82 Å². The second kappa shape index (κ2) is 4.42. The highest BCUT2D eigenvalue weighted by Crippen LogP contribution is 2.20. The summed E-state index contributed by atoms with van der Waals surface area (Å²) in [6, 6.07) is 4.89. The molecule has 0 saturated heterocycles. The summed E-state index contributed by atoms with van der Waals surface area (Å²) < 4.78 is 13.0. The lowest BCUT2D eigenvalue weighted by Crippen LogP contribution is -2.26. The van der Waals surface area contributed by atoms with E-state index in [1.807, 2.05) is 20.8 Å². The van der Waals surface area contributed by atoms with Gasteiger partial charge in [0.2, 0.25) is 0 Å². The average molecular weight is 197 g/mol. The van der Waals surface area contributed by atoms with Crippen molar-refractivity contribution in [3.63, 3.8) is 0 Å². The van der Waals surface area contributed by atoms with Gasteiger partial charge in [0, 0.05) is 12.1 Å². The second-order valence-electron chi connectivity index (χ2n) is 3.75. The standard InChI is InChI=1S/C11H16FNO/c1-7(2)13-8(3)9-4-5-11(14)10(12)6-9/h4-8,13-14H,1-3H3/t8-/m1/s1. The van der Waals surface area contributed by atoms with Crippen molar-refractivity contribution in [2.75, 3.05) is 0 Å². The summed E-state index contributed by atoms with van der Waals surface area (Å²) in [4.78, 5) is 0. The summed E-state index contributed by atoms with van der Waals surface area (Å²) in [5, 5.41) is 12.3. The highest BCUT2D eigenvalue weighted by Gasteiger charge is 2.09. The van der Waals surface area contributed by atoms with Crippen LogP contribution in [0.3, 0.4) is 0 Å². The fourth-order valence-corrected chi connectivity index (χ4v) is 1.39. The van der Waals surface area contributed by atoms with E-state index in [4.69, 9.17) is 5.11 Å². The largest absolute Gasteiger partial charge is 0.505 e. The molecule has 2 N–H and O–H groups in total. The molecule has 0 spiro atoms. The van der Waals surface area contributed by atoms with Crippen molar-refractivity contribution < 1.29 is 9.50 Å². The van der Waals surface area contributed by atoms with E-state index in [2.05, 4.69) is 5.32 Å². The van der Waals surface area contributed by atoms with Crippen molar-refractivity contribution in [1.82, 2.24) is 5.32 Å². The first-order chi connectivity index (χ1) is 6.50. The third kappa shape index (κ3) is 2.70. The number of phenolic OH excluding ortho intramolecular Hbond substituents is 1. The molecule has 0 aliphatic carbocycles. The highest BCUT2D eigenvalue weighted by atomic mass is 19.1. The lowest BCUT2D eigenvalue weighted by Gasteiger charge is -2.17. The molecule has 0 radical (unpaired) electrons. The Labute approximate surface area is 83.8 Å². The summed E-state index contributed by atoms with van der Waals surface area (Å²) in [5.74, 6) is -0.870. The van der Waals surface area contributed by atoms with Gasteiger partial charge in [-0.3, -0.25) is 0 Å². The lowest BCUT2D eigenvalue weighted by atomic mass is 10.1. The predicted molar refractivity (Wildman–Crippen MR) is 54.8 cm³/mol. The first-order valence-electron chi connectivity index (χ1n) is 4.75. The Morgan fingerprint density at radius 1 is 1.29 bits per heavy atom. The van der Waals surface area contributed by atoms with Crippen molar-refractivity contribution in [2.45, 2.75) is 32.9 Å². The number of hydrogen-bond donors (Lipinski definition) is 2. The van der Waals surface area contributed by atoms with Gasteiger partial charge in [-0.2, -0.15) is 0 Å². The maximum absolute atomic E-state index is 13.0. The Morgan fingerprint density at radius 2 is 1.93 bits per heavy atom. The Balaban J connectivity index is 2.80. The van der Waals surface area contributed by atoms with Crippen LogP contribution in [0.25, 0.3) is 0 Å². The van der Waals surface area contributed by atoms with Crippen molar-refractivity contribution in [1.29, 1.82) is 0 Å². The molecule has 0 heterocycles. The molecule has 0 unspecified atom stereocenters. The summed E-state index contributed by atoms with van der Waals surface area (Å²) in [6.07, 6.45) is 0. The van der Waals surface area contributed by atoms with Gasteiger partial charge < -0.3 is 10.4 Å². The molecule has 0 fully saturated rings. The molecule has 1 aromatic rings. The topological polar surface area (TPSA) is 32.3 Å². The smallest absolute Gasteiger partial charge is 0.165 e. The van der Waals surface area contributed by atoms with Gasteiger partial charge in [-0.15, -0.1) is 0 Å². The van der Waals surface area contributed by atoms with Gasteiger partial charge in [0.1, 0.15) is 0 Å². The molecule has 0 amide bonds. The molecule has 2 nitrogen and oxygen atoms in total. The number of benzene rings is 1. The van der Waals surface area contributed by atoms with Crippen LogP contribution < -0.4 is 5.32 Å². The molecule has 14 heavy (non-hydrogen) atoms. The maximum atomic E-state index is 13.0. The molecule has 1 rings (SSSR count). The van der Waals surface area contributed by atoms with Crippen LogP contribution in [-0.2, 0) is 0 Å². The Morgan fingerprint density at radius 3 is 2.43 bits per heavy atom. The summed E-state index contributed by atoms with van der Waals surface area (Å²) in [6.45, 7) is 6.03. The van der Waals surface area contributed by atoms with E-state index in [0.29, 0.717) is 6.04 Å². The van der Waals surface area contributed by atoms with Gasteiger partial charge in [-0.1, -0.05) is 19.9 Å². The van der Waals surface area contributed by atoms with Crippen molar-refractivity contribution in [3.8, 4) is 5.75 Å². The van der Waals surface area contributed by atoms with Crippen molar-refractivity contribution >= 4 is 0 Å². The zero-order chi connectivity index (χ0) is 10.7. The van der Waals surface area contributed by atoms with Gasteiger partial charge in [0.15, 0.2) is 11.6 Å². The molecule has 0 aliphatic rings. The van der Waals surface area contributed by atoms with E-state index in [9.17, 15) is 4.39 Å².